The van der Waals surface area contributed by atoms with E-state index in [1.54, 1.807) is 0 Å². The van der Waals surface area contributed by atoms with Gasteiger partial charge in [0.15, 0.2) is 0 Å². The van der Waals surface area contributed by atoms with Crippen molar-refractivity contribution in [2.75, 3.05) is 6.61 Å². The lowest BCUT2D eigenvalue weighted by atomic mass is 10.0. The lowest BCUT2D eigenvalue weighted by Gasteiger charge is -2.32. The van der Waals surface area contributed by atoms with Crippen LogP contribution in [-0.4, -0.2) is 23.9 Å². The van der Waals surface area contributed by atoms with Crippen LogP contribution in [0.15, 0.2) is 30.3 Å². The van der Waals surface area contributed by atoms with E-state index in [9.17, 15) is 0 Å². The molecule has 2 aliphatic rings. The van der Waals surface area contributed by atoms with E-state index in [0.717, 1.165) is 25.9 Å². The normalized spacial score (nSPS) is 33.0. The molecule has 2 aliphatic heterocycles. The first kappa shape index (κ1) is 10.8. The minimum Gasteiger partial charge on any atom is -0.361 e. The van der Waals surface area contributed by atoms with Crippen molar-refractivity contribution in [3.8, 4) is 0 Å². The molecule has 0 aliphatic carbocycles. The van der Waals surface area contributed by atoms with Crippen LogP contribution in [0.2, 0.25) is 0 Å². The van der Waals surface area contributed by atoms with E-state index in [1.165, 1.54) is 5.56 Å². The van der Waals surface area contributed by atoms with Gasteiger partial charge in [0.1, 0.15) is 6.23 Å². The van der Waals surface area contributed by atoms with E-state index in [2.05, 4.69) is 34.0 Å². The van der Waals surface area contributed by atoms with Gasteiger partial charge >= 0.3 is 0 Å². The Kier molecular flexibility index (Phi) is 2.84. The molecule has 0 amide bonds. The molecule has 2 saturated heterocycles. The smallest absolute Gasteiger partial charge is 0.282 e. The zero-order valence-corrected chi connectivity index (χ0v) is 9.75. The summed E-state index contributed by atoms with van der Waals surface area (Å²) in [5.74, 6) is 0. The standard InChI is InChI=1S/C14H16N2O/c1-15-13-8-5-9-14-16(13)12(10-17-14)11-6-3-2-4-7-11/h2-4,6-7,12-14H,5,8-10H2. The molecular weight excluding hydrogens is 212 g/mol. The first-order valence-electron chi connectivity index (χ1n) is 6.20. The molecule has 0 saturated carbocycles. The summed E-state index contributed by atoms with van der Waals surface area (Å²) in [4.78, 5) is 6.03. The minimum absolute atomic E-state index is 0.00135. The molecule has 0 bridgehead atoms. The Balaban J connectivity index is 1.89. The number of hydrogen-bond acceptors (Lipinski definition) is 2. The van der Waals surface area contributed by atoms with Gasteiger partial charge in [0, 0.05) is 6.42 Å². The van der Waals surface area contributed by atoms with E-state index in [0.29, 0.717) is 0 Å². The van der Waals surface area contributed by atoms with Crippen LogP contribution in [0.25, 0.3) is 4.85 Å². The van der Waals surface area contributed by atoms with Crippen molar-refractivity contribution in [3.05, 3.63) is 47.3 Å². The van der Waals surface area contributed by atoms with Crippen LogP contribution in [0, 0.1) is 6.57 Å². The molecule has 3 rings (SSSR count). The average Bonchev–Trinajstić information content (AvgIpc) is 2.83. The molecule has 88 valence electrons. The van der Waals surface area contributed by atoms with E-state index in [-0.39, 0.29) is 18.4 Å². The summed E-state index contributed by atoms with van der Waals surface area (Å²) in [7, 11) is 0. The predicted octanol–water partition coefficient (Wildman–Crippen LogP) is 2.82. The van der Waals surface area contributed by atoms with Crippen LogP contribution in [0.4, 0.5) is 0 Å². The third-order valence-corrected chi connectivity index (χ3v) is 3.73. The molecule has 2 fully saturated rings. The number of ether oxygens (including phenoxy) is 1. The fraction of sp³-hybridized carbons (Fsp3) is 0.500. The van der Waals surface area contributed by atoms with Gasteiger partial charge in [0.2, 0.25) is 0 Å². The zero-order valence-electron chi connectivity index (χ0n) is 9.75. The van der Waals surface area contributed by atoms with Crippen molar-refractivity contribution in [2.45, 2.75) is 37.7 Å². The molecule has 0 spiro atoms. The van der Waals surface area contributed by atoms with E-state index >= 15 is 0 Å². The fourth-order valence-electron chi connectivity index (χ4n) is 2.91. The van der Waals surface area contributed by atoms with E-state index < -0.39 is 0 Å². The topological polar surface area (TPSA) is 16.8 Å². The third-order valence-electron chi connectivity index (χ3n) is 3.73. The maximum absolute atomic E-state index is 7.33. The Bertz CT molecular complexity index is 426. The maximum atomic E-state index is 7.33. The fourth-order valence-corrected chi connectivity index (χ4v) is 2.91. The number of nitrogens with zero attached hydrogens (tertiary/aromatic N) is 2. The molecular formula is C14H16N2O. The molecule has 2 heterocycles. The second-order valence-electron chi connectivity index (χ2n) is 4.70. The summed E-state index contributed by atoms with van der Waals surface area (Å²) < 4.78 is 5.84. The van der Waals surface area contributed by atoms with Gasteiger partial charge in [0.05, 0.1) is 12.6 Å². The van der Waals surface area contributed by atoms with Crippen molar-refractivity contribution in [1.82, 2.24) is 4.90 Å². The van der Waals surface area contributed by atoms with Crippen molar-refractivity contribution >= 4 is 0 Å². The Morgan fingerprint density at radius 2 is 2.06 bits per heavy atom. The molecule has 3 heteroatoms. The minimum atomic E-state index is 0.00135. The highest BCUT2D eigenvalue weighted by molar-refractivity contribution is 5.21. The van der Waals surface area contributed by atoms with Crippen LogP contribution < -0.4 is 0 Å². The van der Waals surface area contributed by atoms with Crippen molar-refractivity contribution < 1.29 is 4.74 Å². The van der Waals surface area contributed by atoms with E-state index in [4.69, 9.17) is 11.3 Å². The summed E-state index contributed by atoms with van der Waals surface area (Å²) >= 11 is 0. The molecule has 3 nitrogen and oxygen atoms in total. The third kappa shape index (κ3) is 1.84. The Labute approximate surface area is 102 Å². The lowest BCUT2D eigenvalue weighted by Crippen LogP contribution is -2.42. The quantitative estimate of drug-likeness (QED) is 0.687. The Morgan fingerprint density at radius 3 is 2.82 bits per heavy atom. The van der Waals surface area contributed by atoms with Crippen LogP contribution in [0.3, 0.4) is 0 Å². The largest absolute Gasteiger partial charge is 0.361 e. The molecule has 0 radical (unpaired) electrons. The second kappa shape index (κ2) is 4.48. The van der Waals surface area contributed by atoms with Gasteiger partial charge in [-0.25, -0.2) is 6.57 Å². The van der Waals surface area contributed by atoms with Gasteiger partial charge in [0.25, 0.3) is 6.17 Å². The Hall–Kier alpha value is -1.37. The number of benzene rings is 1. The number of hydrogen-bond donors (Lipinski definition) is 0. The van der Waals surface area contributed by atoms with Gasteiger partial charge in [-0.1, -0.05) is 30.3 Å². The number of piperidine rings is 1. The molecule has 3 atom stereocenters. The number of rotatable bonds is 1. The summed E-state index contributed by atoms with van der Waals surface area (Å²) in [5.41, 5.74) is 1.27. The van der Waals surface area contributed by atoms with Crippen molar-refractivity contribution in [1.29, 1.82) is 0 Å². The van der Waals surface area contributed by atoms with Gasteiger partial charge in [-0.3, -0.25) is 4.85 Å². The molecule has 1 aromatic carbocycles. The SMILES string of the molecule is [C-]#[N+]C1CCCC2OCC(c3ccccc3)N12. The molecule has 17 heavy (non-hydrogen) atoms. The highest BCUT2D eigenvalue weighted by atomic mass is 16.5. The first-order valence-corrected chi connectivity index (χ1v) is 6.20. The molecule has 3 unspecified atom stereocenters. The average molecular weight is 228 g/mol. The number of fused-ring (bicyclic) bond motifs is 1. The highest BCUT2D eigenvalue weighted by Crippen LogP contribution is 2.38. The summed E-state index contributed by atoms with van der Waals surface area (Å²) in [6.07, 6.45) is 3.31. The van der Waals surface area contributed by atoms with Crippen LogP contribution in [-0.2, 0) is 4.74 Å². The van der Waals surface area contributed by atoms with Gasteiger partial charge in [-0.15, -0.1) is 0 Å². The highest BCUT2D eigenvalue weighted by Gasteiger charge is 2.45. The summed E-state index contributed by atoms with van der Waals surface area (Å²) in [5, 5.41) is 0. The summed E-state index contributed by atoms with van der Waals surface area (Å²) in [6, 6.07) is 10.7. The first-order chi connectivity index (χ1) is 8.40. The van der Waals surface area contributed by atoms with Crippen molar-refractivity contribution in [3.63, 3.8) is 0 Å². The second-order valence-corrected chi connectivity index (χ2v) is 4.70. The van der Waals surface area contributed by atoms with Crippen molar-refractivity contribution in [2.24, 2.45) is 0 Å². The summed E-state index contributed by atoms with van der Waals surface area (Å²) in [6.45, 7) is 8.05. The molecule has 0 aromatic heterocycles. The monoisotopic (exact) mass is 228 g/mol. The predicted molar refractivity (Wildman–Crippen MR) is 65.0 cm³/mol. The van der Waals surface area contributed by atoms with Gasteiger partial charge < -0.3 is 4.74 Å². The zero-order chi connectivity index (χ0) is 11.7. The van der Waals surface area contributed by atoms with Gasteiger partial charge in [-0.2, -0.15) is 4.90 Å². The maximum Gasteiger partial charge on any atom is 0.282 e. The van der Waals surface area contributed by atoms with E-state index in [1.807, 2.05) is 6.07 Å². The van der Waals surface area contributed by atoms with Crippen LogP contribution in [0.5, 0.6) is 0 Å². The Morgan fingerprint density at radius 1 is 1.24 bits per heavy atom. The molecule has 0 N–H and O–H groups in total. The molecule has 1 aromatic rings. The lowest BCUT2D eigenvalue weighted by molar-refractivity contribution is -0.0146. The van der Waals surface area contributed by atoms with Crippen LogP contribution in [0.1, 0.15) is 30.9 Å². The van der Waals surface area contributed by atoms with Crippen LogP contribution >= 0.6 is 0 Å². The van der Waals surface area contributed by atoms with Gasteiger partial charge in [-0.05, 0) is 18.4 Å².